The van der Waals surface area contributed by atoms with Gasteiger partial charge >= 0.3 is 6.03 Å². The molecule has 8 atom stereocenters. The van der Waals surface area contributed by atoms with Gasteiger partial charge in [-0.25, -0.2) is 19.7 Å². The average molecular weight is 557 g/mol. The van der Waals surface area contributed by atoms with Gasteiger partial charge in [-0.1, -0.05) is 12.8 Å². The van der Waals surface area contributed by atoms with E-state index in [1.165, 1.54) is 17.2 Å². The lowest BCUT2D eigenvalue weighted by molar-refractivity contribution is -0.199. The highest BCUT2D eigenvalue weighted by Crippen LogP contribution is 2.41. The fraction of sp³-hybridized carbons (Fsp3) is 0.714. The highest BCUT2D eigenvalue weighted by atomic mass is 32.2. The molecule has 0 bridgehead atoms. The van der Waals surface area contributed by atoms with E-state index in [1.807, 2.05) is 11.8 Å². The lowest BCUT2D eigenvalue weighted by Crippen LogP contribution is -2.36. The number of nitrogens with zero attached hydrogens (tertiary/aromatic N) is 4. The summed E-state index contributed by atoms with van der Waals surface area (Å²) in [6, 6.07) is 0.263. The number of rotatable bonds is 11. The number of carbonyl (C=O) groups is 1. The Morgan fingerprint density at radius 3 is 2.89 bits per heavy atom. The van der Waals surface area contributed by atoms with Crippen LogP contribution in [0.25, 0.3) is 11.2 Å². The van der Waals surface area contributed by atoms with Gasteiger partial charge < -0.3 is 45.3 Å². The van der Waals surface area contributed by atoms with E-state index in [9.17, 15) is 24.5 Å². The van der Waals surface area contributed by atoms with Crippen molar-refractivity contribution in [2.45, 2.75) is 74.0 Å². The molecular weight excluding hydrogens is 525 g/mol. The van der Waals surface area contributed by atoms with Crippen LogP contribution in [0.2, 0.25) is 0 Å². The van der Waals surface area contributed by atoms with Gasteiger partial charge in [0.2, 0.25) is 0 Å². The summed E-state index contributed by atoms with van der Waals surface area (Å²) >= 11 is 1.85. The van der Waals surface area contributed by atoms with E-state index in [2.05, 4.69) is 25.6 Å². The standard InChI is InChI=1S/C21H32N7O7PS/c22-18-15-19(24-9-23-18)28(10-25-15)20-17(30)16(29)12(35-20)5-7-36(32,33)34-6-3-1-2-4-13-14-11(8-37-13)26-21(31)27-14/h9-14,16-17,20,29-30H,1-8H2,(H,32,33)(H2,22,23,24)(H2,26,27,31)/p-1/t11-,12?,13-,14-,16+,17+,20+/m0/s1. The number of nitrogens with one attached hydrogen (secondary N) is 2. The molecule has 0 saturated carbocycles. The number of imidazole rings is 1. The third-order valence-electron chi connectivity index (χ3n) is 7.05. The van der Waals surface area contributed by atoms with Crippen LogP contribution in [0.5, 0.6) is 0 Å². The first-order valence-electron chi connectivity index (χ1n) is 12.3. The Kier molecular flexibility index (Phi) is 7.91. The van der Waals surface area contributed by atoms with Crippen molar-refractivity contribution < 1.29 is 33.7 Å². The van der Waals surface area contributed by atoms with Gasteiger partial charge in [0, 0.05) is 17.2 Å². The summed E-state index contributed by atoms with van der Waals surface area (Å²) in [6.45, 7) is 0.0877. The van der Waals surface area contributed by atoms with Crippen molar-refractivity contribution >= 4 is 42.4 Å². The lowest BCUT2D eigenvalue weighted by atomic mass is 10.0. The topological polar surface area (TPSA) is 210 Å². The molecule has 2 unspecified atom stereocenters. The largest absolute Gasteiger partial charge is 0.778 e. The second-order valence-electron chi connectivity index (χ2n) is 9.56. The van der Waals surface area contributed by atoms with Crippen molar-refractivity contribution in [3.05, 3.63) is 12.7 Å². The monoisotopic (exact) mass is 556 g/mol. The maximum atomic E-state index is 12.4. The Morgan fingerprint density at radius 1 is 1.22 bits per heavy atom. The zero-order chi connectivity index (χ0) is 26.2. The Morgan fingerprint density at radius 2 is 2.05 bits per heavy atom. The van der Waals surface area contributed by atoms with Crippen molar-refractivity contribution in [3.63, 3.8) is 0 Å². The summed E-state index contributed by atoms with van der Waals surface area (Å²) < 4.78 is 24.8. The summed E-state index contributed by atoms with van der Waals surface area (Å²) in [5, 5.41) is 27.2. The minimum absolute atomic E-state index is 0.0412. The first-order valence-corrected chi connectivity index (χ1v) is 15.1. The van der Waals surface area contributed by atoms with Gasteiger partial charge in [-0.2, -0.15) is 11.8 Å². The van der Waals surface area contributed by atoms with Crippen LogP contribution in [0.3, 0.4) is 0 Å². The van der Waals surface area contributed by atoms with E-state index in [0.717, 1.165) is 25.0 Å². The molecule has 6 N–H and O–H groups in total. The van der Waals surface area contributed by atoms with E-state index in [1.54, 1.807) is 0 Å². The van der Waals surface area contributed by atoms with Gasteiger partial charge in [-0.3, -0.25) is 4.57 Å². The first-order chi connectivity index (χ1) is 17.7. The molecule has 204 valence electrons. The molecule has 3 fully saturated rings. The summed E-state index contributed by atoms with van der Waals surface area (Å²) in [7, 11) is -4.15. The predicted octanol–water partition coefficient (Wildman–Crippen LogP) is -0.286. The van der Waals surface area contributed by atoms with Gasteiger partial charge in [0.1, 0.15) is 31.6 Å². The number of aliphatic hydroxyl groups excluding tert-OH is 2. The van der Waals surface area contributed by atoms with E-state index in [0.29, 0.717) is 22.8 Å². The summed E-state index contributed by atoms with van der Waals surface area (Å²) in [5.41, 5.74) is 6.46. The van der Waals surface area contributed by atoms with Crippen LogP contribution >= 0.6 is 19.4 Å². The molecule has 5 heterocycles. The number of nitrogen functional groups attached to an aromatic ring is 1. The highest BCUT2D eigenvalue weighted by molar-refractivity contribution is 8.00. The van der Waals surface area contributed by atoms with Gasteiger partial charge in [-0.05, 0) is 19.3 Å². The number of hydrogen-bond acceptors (Lipinski definition) is 12. The van der Waals surface area contributed by atoms with Crippen molar-refractivity contribution in [3.8, 4) is 0 Å². The van der Waals surface area contributed by atoms with E-state index < -0.39 is 32.1 Å². The Bertz CT molecular complexity index is 1170. The molecule has 5 rings (SSSR count). The first kappa shape index (κ1) is 26.6. The van der Waals surface area contributed by atoms with Crippen LogP contribution in [-0.4, -0.2) is 89.9 Å². The van der Waals surface area contributed by atoms with Crippen molar-refractivity contribution in [2.75, 3.05) is 24.3 Å². The minimum Gasteiger partial charge on any atom is -0.778 e. The number of aliphatic hydroxyl groups is 2. The number of aromatic nitrogens is 4. The SMILES string of the molecule is Nc1ncnc2c1ncn2[C@@H]1OC(CCP(=O)([O-])OCCCCC[C@@H]2SC[C@@H]3NC(=O)N[C@@H]32)[C@@H](O)[C@H]1O. The maximum Gasteiger partial charge on any atom is 0.315 e. The normalized spacial score (nSPS) is 32.8. The molecule has 2 amide bonds. The molecule has 2 aromatic rings. The van der Waals surface area contributed by atoms with Crippen LogP contribution < -0.4 is 21.3 Å². The molecule has 37 heavy (non-hydrogen) atoms. The Balaban J connectivity index is 1.03. The third kappa shape index (κ3) is 5.72. The number of urea groups is 1. The zero-order valence-electron chi connectivity index (χ0n) is 20.0. The molecule has 14 nitrogen and oxygen atoms in total. The maximum absolute atomic E-state index is 12.4. The summed E-state index contributed by atoms with van der Waals surface area (Å²) in [6.07, 6.45) is 1.03. The number of unbranched alkanes of at least 4 members (excludes halogenated alkanes) is 2. The number of hydrogen-bond donors (Lipinski definition) is 5. The van der Waals surface area contributed by atoms with Crippen molar-refractivity contribution in [1.29, 1.82) is 0 Å². The number of carbonyl (C=O) groups excluding carboxylic acids is 1. The second-order valence-corrected chi connectivity index (χ2v) is 12.8. The number of thioether (sulfide) groups is 1. The zero-order valence-corrected chi connectivity index (χ0v) is 21.7. The molecule has 0 aliphatic carbocycles. The highest BCUT2D eigenvalue weighted by Gasteiger charge is 2.44. The molecule has 0 radical (unpaired) electrons. The third-order valence-corrected chi connectivity index (χ3v) is 9.94. The second kappa shape index (κ2) is 11.0. The summed E-state index contributed by atoms with van der Waals surface area (Å²) in [4.78, 5) is 36.0. The van der Waals surface area contributed by atoms with Gasteiger partial charge in [-0.15, -0.1) is 0 Å². The molecule has 0 spiro atoms. The van der Waals surface area contributed by atoms with Gasteiger partial charge in [0.05, 0.1) is 31.1 Å². The molecular formula is C21H31N7O7PS-. The van der Waals surface area contributed by atoms with Crippen LogP contribution in [0.4, 0.5) is 10.6 Å². The molecule has 16 heteroatoms. The van der Waals surface area contributed by atoms with Crippen LogP contribution in [0.1, 0.15) is 38.3 Å². The van der Waals surface area contributed by atoms with Crippen LogP contribution in [0.15, 0.2) is 12.7 Å². The Labute approximate surface area is 217 Å². The fourth-order valence-corrected chi connectivity index (χ4v) is 7.73. The van der Waals surface area contributed by atoms with Crippen LogP contribution in [-0.2, 0) is 13.8 Å². The molecule has 0 aromatic carbocycles. The van der Waals surface area contributed by atoms with Gasteiger partial charge in [0.25, 0.3) is 0 Å². The van der Waals surface area contributed by atoms with E-state index in [-0.39, 0.29) is 43.1 Å². The van der Waals surface area contributed by atoms with Crippen LogP contribution in [0, 0.1) is 0 Å². The van der Waals surface area contributed by atoms with Crippen molar-refractivity contribution in [1.82, 2.24) is 30.2 Å². The molecule has 3 saturated heterocycles. The van der Waals surface area contributed by atoms with E-state index >= 15 is 0 Å². The molecule has 2 aromatic heterocycles. The number of amides is 2. The van der Waals surface area contributed by atoms with E-state index in [4.69, 9.17) is 15.0 Å². The average Bonchev–Trinajstić information content (AvgIpc) is 3.60. The minimum atomic E-state index is -4.15. The number of ether oxygens (including phenoxy) is 1. The number of nitrogens with two attached hydrogens (primary N) is 1. The molecule has 3 aliphatic rings. The fourth-order valence-electron chi connectivity index (χ4n) is 5.07. The predicted molar refractivity (Wildman–Crippen MR) is 133 cm³/mol. The smallest absolute Gasteiger partial charge is 0.315 e. The number of fused-ring (bicyclic) bond motifs is 2. The van der Waals surface area contributed by atoms with Gasteiger partial charge in [0.15, 0.2) is 17.7 Å². The summed E-state index contributed by atoms with van der Waals surface area (Å²) in [5.74, 6) is 1.08. The lowest BCUT2D eigenvalue weighted by Gasteiger charge is -2.25. The quantitative estimate of drug-likeness (QED) is 0.137. The number of anilines is 1. The van der Waals surface area contributed by atoms with Crippen molar-refractivity contribution in [2.24, 2.45) is 0 Å². The molecule has 3 aliphatic heterocycles. The Hall–Kier alpha value is -2.00.